The number of carbonyl (C=O) groups is 2. The average Bonchev–Trinajstić information content (AvgIpc) is 3.26. The van der Waals surface area contributed by atoms with Crippen molar-refractivity contribution in [3.05, 3.63) is 63.8 Å². The molecule has 0 unspecified atom stereocenters. The van der Waals surface area contributed by atoms with Crippen molar-refractivity contribution in [3.8, 4) is 0 Å². The Balaban J connectivity index is 1.65. The van der Waals surface area contributed by atoms with Crippen molar-refractivity contribution in [3.63, 3.8) is 0 Å². The van der Waals surface area contributed by atoms with Gasteiger partial charge in [0.2, 0.25) is 5.91 Å². The highest BCUT2D eigenvalue weighted by Crippen LogP contribution is 2.28. The summed E-state index contributed by atoms with van der Waals surface area (Å²) in [5.74, 6) is -0.412. The maximum atomic E-state index is 12.0. The van der Waals surface area contributed by atoms with Gasteiger partial charge in [0.1, 0.15) is 6.61 Å². The molecule has 3 aromatic rings. The fraction of sp³-hybridized carbons (Fsp3) is 0.167. The van der Waals surface area contributed by atoms with Crippen molar-refractivity contribution in [1.82, 2.24) is 4.98 Å². The molecule has 3 rings (SSSR count). The van der Waals surface area contributed by atoms with Crippen LogP contribution in [-0.4, -0.2) is 16.9 Å². The Bertz CT molecular complexity index is 844. The van der Waals surface area contributed by atoms with Crippen molar-refractivity contribution in [1.29, 1.82) is 0 Å². The van der Waals surface area contributed by atoms with Crippen LogP contribution in [0.25, 0.3) is 0 Å². The van der Waals surface area contributed by atoms with Crippen LogP contribution in [0.2, 0.25) is 0 Å². The summed E-state index contributed by atoms with van der Waals surface area (Å²) in [5.41, 5.74) is 1.38. The SMILES string of the molecule is CC(=O)N(c1ccccc1)c1nc(COC(=O)Cc2cccs2)cs1. The molecular weight excluding hydrogens is 356 g/mol. The lowest BCUT2D eigenvalue weighted by Crippen LogP contribution is -2.22. The van der Waals surface area contributed by atoms with Gasteiger partial charge in [-0.3, -0.25) is 14.5 Å². The maximum Gasteiger partial charge on any atom is 0.311 e. The zero-order valence-electron chi connectivity index (χ0n) is 13.5. The minimum absolute atomic E-state index is 0.0985. The van der Waals surface area contributed by atoms with Crippen LogP contribution in [0.15, 0.2) is 53.2 Å². The number of benzene rings is 1. The molecule has 0 saturated carbocycles. The number of anilines is 2. The molecule has 2 heterocycles. The van der Waals surface area contributed by atoms with Crippen LogP contribution in [0.1, 0.15) is 17.5 Å². The van der Waals surface area contributed by atoms with Crippen LogP contribution in [0.3, 0.4) is 0 Å². The number of thiophene rings is 1. The van der Waals surface area contributed by atoms with Crippen molar-refractivity contribution in [2.45, 2.75) is 20.0 Å². The Hall–Kier alpha value is -2.51. The molecule has 0 N–H and O–H groups in total. The number of para-hydroxylation sites is 1. The molecule has 0 aliphatic heterocycles. The van der Waals surface area contributed by atoms with Gasteiger partial charge in [-0.25, -0.2) is 4.98 Å². The first-order valence-corrected chi connectivity index (χ1v) is 9.37. The number of nitrogens with zero attached hydrogens (tertiary/aromatic N) is 2. The zero-order chi connectivity index (χ0) is 17.6. The van der Waals surface area contributed by atoms with E-state index in [1.165, 1.54) is 29.6 Å². The van der Waals surface area contributed by atoms with E-state index < -0.39 is 0 Å². The Labute approximate surface area is 153 Å². The van der Waals surface area contributed by atoms with E-state index in [1.54, 1.807) is 10.3 Å². The molecule has 0 atom stereocenters. The second kappa shape index (κ2) is 8.04. The number of ether oxygens (including phenoxy) is 1. The summed E-state index contributed by atoms with van der Waals surface area (Å²) in [6, 6.07) is 13.1. The standard InChI is InChI=1S/C18H16N2O3S2/c1-13(21)20(15-6-3-2-4-7-15)18-19-14(12-25-18)11-23-17(22)10-16-8-5-9-24-16/h2-9,12H,10-11H2,1H3. The highest BCUT2D eigenvalue weighted by molar-refractivity contribution is 7.14. The predicted molar refractivity (Wildman–Crippen MR) is 99.2 cm³/mol. The number of aromatic nitrogens is 1. The summed E-state index contributed by atoms with van der Waals surface area (Å²) in [5, 5.41) is 4.28. The van der Waals surface area contributed by atoms with E-state index in [-0.39, 0.29) is 24.9 Å². The van der Waals surface area contributed by atoms with Gasteiger partial charge in [-0.05, 0) is 23.6 Å². The lowest BCUT2D eigenvalue weighted by Gasteiger charge is -2.17. The van der Waals surface area contributed by atoms with Crippen LogP contribution < -0.4 is 4.90 Å². The lowest BCUT2D eigenvalue weighted by atomic mass is 10.3. The van der Waals surface area contributed by atoms with E-state index in [2.05, 4.69) is 4.98 Å². The van der Waals surface area contributed by atoms with Gasteiger partial charge in [0, 0.05) is 17.2 Å². The largest absolute Gasteiger partial charge is 0.459 e. The van der Waals surface area contributed by atoms with E-state index in [4.69, 9.17) is 4.74 Å². The Morgan fingerprint density at radius 1 is 1.12 bits per heavy atom. The molecule has 25 heavy (non-hydrogen) atoms. The summed E-state index contributed by atoms with van der Waals surface area (Å²) in [6.45, 7) is 1.59. The summed E-state index contributed by atoms with van der Waals surface area (Å²) in [6.07, 6.45) is 0.262. The predicted octanol–water partition coefficient (Wildman–Crippen LogP) is 4.18. The van der Waals surface area contributed by atoms with E-state index in [0.29, 0.717) is 10.8 Å². The van der Waals surface area contributed by atoms with Gasteiger partial charge in [0.15, 0.2) is 5.13 Å². The molecular formula is C18H16N2O3S2. The molecule has 0 saturated heterocycles. The molecule has 0 fully saturated rings. The number of hydrogen-bond acceptors (Lipinski definition) is 6. The molecule has 1 aromatic carbocycles. The van der Waals surface area contributed by atoms with Crippen LogP contribution in [0, 0.1) is 0 Å². The molecule has 5 nitrogen and oxygen atoms in total. The first kappa shape index (κ1) is 17.3. The summed E-state index contributed by atoms with van der Waals surface area (Å²) in [7, 11) is 0. The van der Waals surface area contributed by atoms with Crippen LogP contribution >= 0.6 is 22.7 Å². The highest BCUT2D eigenvalue weighted by Gasteiger charge is 2.18. The minimum atomic E-state index is -0.288. The fourth-order valence-electron chi connectivity index (χ4n) is 2.23. The third kappa shape index (κ3) is 4.52. The highest BCUT2D eigenvalue weighted by atomic mass is 32.1. The molecule has 128 valence electrons. The summed E-state index contributed by atoms with van der Waals surface area (Å²) >= 11 is 2.87. The molecule has 0 aliphatic rings. The smallest absolute Gasteiger partial charge is 0.311 e. The second-order valence-electron chi connectivity index (χ2n) is 5.23. The lowest BCUT2D eigenvalue weighted by molar-refractivity contribution is -0.144. The van der Waals surface area contributed by atoms with Crippen molar-refractivity contribution >= 4 is 45.4 Å². The average molecular weight is 372 g/mol. The van der Waals surface area contributed by atoms with Crippen LogP contribution in [0.4, 0.5) is 10.8 Å². The Kier molecular flexibility index (Phi) is 5.57. The van der Waals surface area contributed by atoms with Crippen LogP contribution in [-0.2, 0) is 27.4 Å². The Morgan fingerprint density at radius 2 is 1.92 bits per heavy atom. The second-order valence-corrected chi connectivity index (χ2v) is 7.10. The number of esters is 1. The van der Waals surface area contributed by atoms with Gasteiger partial charge in [-0.2, -0.15) is 0 Å². The van der Waals surface area contributed by atoms with Crippen molar-refractivity contribution in [2.75, 3.05) is 4.90 Å². The number of rotatable bonds is 6. The monoisotopic (exact) mass is 372 g/mol. The number of amides is 1. The first-order chi connectivity index (χ1) is 12.1. The normalized spacial score (nSPS) is 10.4. The van der Waals surface area contributed by atoms with Gasteiger partial charge in [-0.1, -0.05) is 24.3 Å². The van der Waals surface area contributed by atoms with E-state index in [0.717, 1.165) is 10.6 Å². The molecule has 0 bridgehead atoms. The molecule has 0 spiro atoms. The van der Waals surface area contributed by atoms with Gasteiger partial charge in [0.05, 0.1) is 17.8 Å². The first-order valence-electron chi connectivity index (χ1n) is 7.61. The quantitative estimate of drug-likeness (QED) is 0.609. The third-order valence-electron chi connectivity index (χ3n) is 3.34. The van der Waals surface area contributed by atoms with Gasteiger partial charge < -0.3 is 4.74 Å². The van der Waals surface area contributed by atoms with Crippen LogP contribution in [0.5, 0.6) is 0 Å². The maximum absolute atomic E-state index is 12.0. The molecule has 0 radical (unpaired) electrons. The molecule has 2 aromatic heterocycles. The Morgan fingerprint density at radius 3 is 2.60 bits per heavy atom. The van der Waals surface area contributed by atoms with Crippen molar-refractivity contribution < 1.29 is 14.3 Å². The van der Waals surface area contributed by atoms with E-state index >= 15 is 0 Å². The number of hydrogen-bond donors (Lipinski definition) is 0. The fourth-order valence-corrected chi connectivity index (χ4v) is 3.79. The topological polar surface area (TPSA) is 59.5 Å². The zero-order valence-corrected chi connectivity index (χ0v) is 15.2. The van der Waals surface area contributed by atoms with Gasteiger partial charge in [0.25, 0.3) is 0 Å². The van der Waals surface area contributed by atoms with E-state index in [9.17, 15) is 9.59 Å². The molecule has 1 amide bonds. The van der Waals surface area contributed by atoms with Crippen molar-refractivity contribution in [2.24, 2.45) is 0 Å². The summed E-state index contributed by atoms with van der Waals surface area (Å²) < 4.78 is 5.27. The van der Waals surface area contributed by atoms with Gasteiger partial charge >= 0.3 is 5.97 Å². The van der Waals surface area contributed by atoms with Gasteiger partial charge in [-0.15, -0.1) is 22.7 Å². The van der Waals surface area contributed by atoms with E-state index in [1.807, 2.05) is 47.8 Å². The number of carbonyl (C=O) groups excluding carboxylic acids is 2. The third-order valence-corrected chi connectivity index (χ3v) is 5.09. The summed E-state index contributed by atoms with van der Waals surface area (Å²) in [4.78, 5) is 30.8. The molecule has 7 heteroatoms. The number of thiazole rings is 1. The minimum Gasteiger partial charge on any atom is -0.459 e. The molecule has 0 aliphatic carbocycles.